The average molecular weight is 393 g/mol. The van der Waals surface area contributed by atoms with Gasteiger partial charge in [-0.2, -0.15) is 0 Å². The molecule has 0 saturated carbocycles. The molecule has 1 saturated heterocycles. The van der Waals surface area contributed by atoms with E-state index in [2.05, 4.69) is 5.32 Å². The first-order chi connectivity index (χ1) is 12.9. The lowest BCUT2D eigenvalue weighted by atomic mass is 10.1. The Kier molecular flexibility index (Phi) is 8.16. The number of rotatable bonds is 8. The molecule has 148 valence electrons. The SMILES string of the molecule is CC(C)[C@H](C)NC(=O)COC(=O)c1ccccc1SCC(=O)N1CCCC1. The van der Waals surface area contributed by atoms with Gasteiger partial charge in [0.2, 0.25) is 5.91 Å². The zero-order chi connectivity index (χ0) is 19.8. The van der Waals surface area contributed by atoms with Crippen LogP contribution in [0.25, 0.3) is 0 Å². The highest BCUT2D eigenvalue weighted by molar-refractivity contribution is 8.00. The second-order valence-electron chi connectivity index (χ2n) is 7.05. The number of hydrogen-bond donors (Lipinski definition) is 1. The summed E-state index contributed by atoms with van der Waals surface area (Å²) >= 11 is 1.33. The van der Waals surface area contributed by atoms with Gasteiger partial charge in [-0.25, -0.2) is 4.79 Å². The largest absolute Gasteiger partial charge is 0.452 e. The van der Waals surface area contributed by atoms with Crippen LogP contribution in [0, 0.1) is 5.92 Å². The number of likely N-dealkylation sites (tertiary alicyclic amines) is 1. The van der Waals surface area contributed by atoms with Crippen LogP contribution in [-0.4, -0.2) is 54.2 Å². The normalized spacial score (nSPS) is 14.9. The molecule has 1 aromatic carbocycles. The fourth-order valence-corrected chi connectivity index (χ4v) is 3.57. The number of nitrogens with one attached hydrogen (secondary N) is 1. The van der Waals surface area contributed by atoms with Gasteiger partial charge in [0, 0.05) is 24.0 Å². The summed E-state index contributed by atoms with van der Waals surface area (Å²) in [6, 6.07) is 7.01. The third kappa shape index (κ3) is 6.57. The number of carbonyl (C=O) groups is 3. The molecule has 1 fully saturated rings. The molecule has 27 heavy (non-hydrogen) atoms. The number of esters is 1. The van der Waals surface area contributed by atoms with E-state index in [1.165, 1.54) is 11.8 Å². The third-order valence-corrected chi connectivity index (χ3v) is 5.70. The molecule has 1 atom stereocenters. The highest BCUT2D eigenvalue weighted by Gasteiger charge is 2.20. The lowest BCUT2D eigenvalue weighted by molar-refractivity contribution is -0.127. The van der Waals surface area contributed by atoms with Crippen LogP contribution in [0.3, 0.4) is 0 Å². The molecule has 2 rings (SSSR count). The molecule has 7 heteroatoms. The molecule has 0 radical (unpaired) electrons. The number of nitrogens with zero attached hydrogens (tertiary/aromatic N) is 1. The summed E-state index contributed by atoms with van der Waals surface area (Å²) in [4.78, 5) is 39.0. The molecule has 0 unspecified atom stereocenters. The van der Waals surface area contributed by atoms with E-state index in [1.807, 2.05) is 31.7 Å². The summed E-state index contributed by atoms with van der Waals surface area (Å²) in [6.45, 7) is 7.23. The van der Waals surface area contributed by atoms with Crippen molar-refractivity contribution in [2.24, 2.45) is 5.92 Å². The molecule has 1 aliphatic rings. The molecule has 0 aliphatic carbocycles. The fourth-order valence-electron chi connectivity index (χ4n) is 2.63. The Morgan fingerprint density at radius 3 is 2.48 bits per heavy atom. The van der Waals surface area contributed by atoms with Gasteiger partial charge >= 0.3 is 5.97 Å². The minimum absolute atomic E-state index is 0.00986. The Labute approximate surface area is 165 Å². The Balaban J connectivity index is 1.88. The first-order valence-corrected chi connectivity index (χ1v) is 10.3. The van der Waals surface area contributed by atoms with Crippen molar-refractivity contribution in [1.29, 1.82) is 0 Å². The maximum Gasteiger partial charge on any atom is 0.339 e. The van der Waals surface area contributed by atoms with E-state index < -0.39 is 5.97 Å². The van der Waals surface area contributed by atoms with Crippen molar-refractivity contribution < 1.29 is 19.1 Å². The van der Waals surface area contributed by atoms with E-state index in [-0.39, 0.29) is 30.2 Å². The van der Waals surface area contributed by atoms with Crippen LogP contribution >= 0.6 is 11.8 Å². The molecule has 0 spiro atoms. The van der Waals surface area contributed by atoms with E-state index in [0.29, 0.717) is 16.4 Å². The van der Waals surface area contributed by atoms with Crippen molar-refractivity contribution in [3.63, 3.8) is 0 Å². The molecule has 1 N–H and O–H groups in total. The van der Waals surface area contributed by atoms with Crippen LogP contribution in [0.2, 0.25) is 0 Å². The summed E-state index contributed by atoms with van der Waals surface area (Å²) in [5.41, 5.74) is 0.376. The van der Waals surface area contributed by atoms with Crippen LogP contribution in [0.5, 0.6) is 0 Å². The zero-order valence-corrected chi connectivity index (χ0v) is 17.0. The van der Waals surface area contributed by atoms with Gasteiger partial charge in [0.05, 0.1) is 11.3 Å². The van der Waals surface area contributed by atoms with E-state index in [9.17, 15) is 14.4 Å². The molecule has 6 nitrogen and oxygen atoms in total. The van der Waals surface area contributed by atoms with Gasteiger partial charge in [-0.3, -0.25) is 9.59 Å². The number of thioether (sulfide) groups is 1. The van der Waals surface area contributed by atoms with E-state index >= 15 is 0 Å². The minimum Gasteiger partial charge on any atom is -0.452 e. The van der Waals surface area contributed by atoms with Crippen molar-refractivity contribution in [3.8, 4) is 0 Å². The maximum absolute atomic E-state index is 12.4. The van der Waals surface area contributed by atoms with Gasteiger partial charge in [0.25, 0.3) is 5.91 Å². The monoisotopic (exact) mass is 392 g/mol. The highest BCUT2D eigenvalue weighted by Crippen LogP contribution is 2.24. The van der Waals surface area contributed by atoms with E-state index in [4.69, 9.17) is 4.74 Å². The molecule has 1 aliphatic heterocycles. The van der Waals surface area contributed by atoms with Gasteiger partial charge in [0.15, 0.2) is 6.61 Å². The smallest absolute Gasteiger partial charge is 0.339 e. The summed E-state index contributed by atoms with van der Waals surface area (Å²) < 4.78 is 5.16. The molecule has 0 aromatic heterocycles. The highest BCUT2D eigenvalue weighted by atomic mass is 32.2. The van der Waals surface area contributed by atoms with Crippen LogP contribution in [0.1, 0.15) is 44.0 Å². The van der Waals surface area contributed by atoms with Gasteiger partial charge in [-0.1, -0.05) is 26.0 Å². The van der Waals surface area contributed by atoms with Crippen molar-refractivity contribution in [2.75, 3.05) is 25.4 Å². The molecular weight excluding hydrogens is 364 g/mol. The maximum atomic E-state index is 12.4. The Bertz CT molecular complexity index is 672. The van der Waals surface area contributed by atoms with Gasteiger partial charge in [0.1, 0.15) is 0 Å². The zero-order valence-electron chi connectivity index (χ0n) is 16.2. The van der Waals surface area contributed by atoms with Gasteiger partial charge < -0.3 is 15.0 Å². The predicted octanol–water partition coefficient (Wildman–Crippen LogP) is 2.72. The number of benzene rings is 1. The first kappa shape index (κ1) is 21.3. The molecule has 2 amide bonds. The molecular formula is C20H28N2O4S. The van der Waals surface area contributed by atoms with Crippen LogP contribution < -0.4 is 5.32 Å². The van der Waals surface area contributed by atoms with Crippen molar-refractivity contribution in [2.45, 2.75) is 44.6 Å². The summed E-state index contributed by atoms with van der Waals surface area (Å²) in [7, 11) is 0. The first-order valence-electron chi connectivity index (χ1n) is 9.34. The van der Waals surface area contributed by atoms with E-state index in [1.54, 1.807) is 18.2 Å². The molecule has 0 bridgehead atoms. The summed E-state index contributed by atoms with van der Waals surface area (Å²) in [5.74, 6) is -0.202. The number of hydrogen-bond acceptors (Lipinski definition) is 5. The topological polar surface area (TPSA) is 75.7 Å². The lowest BCUT2D eigenvalue weighted by Gasteiger charge is -2.17. The number of carbonyl (C=O) groups excluding carboxylic acids is 3. The molecule has 1 aromatic rings. The number of ether oxygens (including phenoxy) is 1. The quantitative estimate of drug-likeness (QED) is 0.544. The predicted molar refractivity (Wildman–Crippen MR) is 106 cm³/mol. The van der Waals surface area contributed by atoms with Crippen LogP contribution in [-0.2, 0) is 14.3 Å². The van der Waals surface area contributed by atoms with Crippen molar-refractivity contribution in [1.82, 2.24) is 10.2 Å². The summed E-state index contributed by atoms with van der Waals surface area (Å²) in [5, 5.41) is 2.80. The standard InChI is InChI=1S/C20H28N2O4S/c1-14(2)15(3)21-18(23)12-26-20(25)16-8-4-5-9-17(16)27-13-19(24)22-10-6-7-11-22/h4-5,8-9,14-15H,6-7,10-13H2,1-3H3,(H,21,23)/t15-/m0/s1. The fraction of sp³-hybridized carbons (Fsp3) is 0.550. The average Bonchev–Trinajstić information content (AvgIpc) is 3.19. The van der Waals surface area contributed by atoms with Crippen molar-refractivity contribution in [3.05, 3.63) is 29.8 Å². The van der Waals surface area contributed by atoms with Gasteiger partial charge in [-0.05, 0) is 37.8 Å². The Morgan fingerprint density at radius 2 is 1.81 bits per heavy atom. The lowest BCUT2D eigenvalue weighted by Crippen LogP contribution is -2.38. The third-order valence-electron chi connectivity index (χ3n) is 4.64. The van der Waals surface area contributed by atoms with Crippen molar-refractivity contribution >= 4 is 29.5 Å². The van der Waals surface area contributed by atoms with Crippen LogP contribution in [0.4, 0.5) is 0 Å². The van der Waals surface area contributed by atoms with E-state index in [0.717, 1.165) is 25.9 Å². The van der Waals surface area contributed by atoms with Crippen LogP contribution in [0.15, 0.2) is 29.2 Å². The summed E-state index contributed by atoms with van der Waals surface area (Å²) in [6.07, 6.45) is 2.10. The molecule has 1 heterocycles. The second-order valence-corrected chi connectivity index (χ2v) is 8.07. The minimum atomic E-state index is -0.556. The number of amides is 2. The Hall–Kier alpha value is -2.02. The van der Waals surface area contributed by atoms with Gasteiger partial charge in [-0.15, -0.1) is 11.8 Å². The second kappa shape index (κ2) is 10.3. The Morgan fingerprint density at radius 1 is 1.15 bits per heavy atom.